The molecular formula is C22H19Cl2NO3. The summed E-state index contributed by atoms with van der Waals surface area (Å²) >= 11 is 11.6. The van der Waals surface area contributed by atoms with Crippen molar-refractivity contribution in [3.8, 4) is 17.6 Å². The number of ether oxygens (including phenoxy) is 1. The molecule has 144 valence electrons. The van der Waals surface area contributed by atoms with Gasteiger partial charge in [0.25, 0.3) is 0 Å². The second kappa shape index (κ2) is 7.50. The Labute approximate surface area is 174 Å². The van der Waals surface area contributed by atoms with Crippen LogP contribution in [0.1, 0.15) is 25.3 Å². The smallest absolute Gasteiger partial charge is 0.312 e. The van der Waals surface area contributed by atoms with E-state index < -0.39 is 28.6 Å². The number of carbonyl (C=O) groups is 1. The minimum Gasteiger partial charge on any atom is -0.481 e. The van der Waals surface area contributed by atoms with Crippen molar-refractivity contribution in [2.75, 3.05) is 0 Å². The third-order valence-corrected chi connectivity index (χ3v) is 5.90. The molecule has 0 radical (unpaired) electrons. The molecule has 6 heteroatoms. The summed E-state index contributed by atoms with van der Waals surface area (Å²) in [6.07, 6.45) is 1.52. The summed E-state index contributed by atoms with van der Waals surface area (Å²) in [7, 11) is 0. The first-order valence-electron chi connectivity index (χ1n) is 8.73. The Kier molecular flexibility index (Phi) is 5.43. The molecule has 1 aliphatic rings. The number of halogens is 2. The third-order valence-electron chi connectivity index (χ3n) is 5.65. The second-order valence-corrected chi connectivity index (χ2v) is 8.39. The molecule has 28 heavy (non-hydrogen) atoms. The first-order chi connectivity index (χ1) is 13.2. The van der Waals surface area contributed by atoms with Gasteiger partial charge in [-0.2, -0.15) is 5.26 Å². The fourth-order valence-corrected chi connectivity index (χ4v) is 4.46. The number of hydrogen-bond donors (Lipinski definition) is 1. The van der Waals surface area contributed by atoms with Crippen LogP contribution < -0.4 is 4.74 Å². The van der Waals surface area contributed by atoms with Crippen molar-refractivity contribution in [2.24, 2.45) is 16.7 Å². The Morgan fingerprint density at radius 1 is 1.18 bits per heavy atom. The van der Waals surface area contributed by atoms with Gasteiger partial charge in [-0.15, -0.1) is 0 Å². The number of nitrogens with zero attached hydrogens (tertiary/aromatic N) is 1. The van der Waals surface area contributed by atoms with Crippen molar-refractivity contribution in [3.05, 3.63) is 70.7 Å². The molecule has 0 saturated heterocycles. The highest BCUT2D eigenvalue weighted by molar-refractivity contribution is 6.55. The summed E-state index contributed by atoms with van der Waals surface area (Å²) in [5.74, 6) is -1.22. The van der Waals surface area contributed by atoms with E-state index in [9.17, 15) is 15.2 Å². The number of benzene rings is 2. The molecule has 0 heterocycles. The lowest BCUT2D eigenvalue weighted by atomic mass is 9.78. The van der Waals surface area contributed by atoms with Crippen molar-refractivity contribution in [1.82, 2.24) is 0 Å². The van der Waals surface area contributed by atoms with Crippen molar-refractivity contribution in [1.29, 1.82) is 5.26 Å². The number of carboxylic acid groups (broad SMARTS) is 1. The molecule has 3 atom stereocenters. The number of nitriles is 1. The van der Waals surface area contributed by atoms with E-state index >= 15 is 0 Å². The average Bonchev–Trinajstić information content (AvgIpc) is 3.12. The van der Waals surface area contributed by atoms with E-state index in [1.807, 2.05) is 44.2 Å². The summed E-state index contributed by atoms with van der Waals surface area (Å²) in [5, 5.41) is 20.0. The predicted molar refractivity (Wildman–Crippen MR) is 108 cm³/mol. The molecular weight excluding hydrogens is 397 g/mol. The van der Waals surface area contributed by atoms with Crippen LogP contribution in [0.3, 0.4) is 0 Å². The molecule has 0 bridgehead atoms. The fraction of sp³-hybridized carbons (Fsp3) is 0.273. The van der Waals surface area contributed by atoms with Crippen LogP contribution in [-0.2, 0) is 4.79 Å². The van der Waals surface area contributed by atoms with Crippen LogP contribution in [0.15, 0.2) is 65.2 Å². The highest BCUT2D eigenvalue weighted by atomic mass is 35.5. The monoisotopic (exact) mass is 415 g/mol. The zero-order valence-electron chi connectivity index (χ0n) is 15.4. The van der Waals surface area contributed by atoms with Crippen molar-refractivity contribution >= 4 is 29.2 Å². The highest BCUT2D eigenvalue weighted by Gasteiger charge is 2.78. The zero-order chi connectivity index (χ0) is 20.5. The molecule has 3 unspecified atom stereocenters. The molecule has 0 amide bonds. The maximum Gasteiger partial charge on any atom is 0.312 e. The summed E-state index contributed by atoms with van der Waals surface area (Å²) in [5.41, 5.74) is -1.44. The van der Waals surface area contributed by atoms with Gasteiger partial charge >= 0.3 is 5.97 Å². The van der Waals surface area contributed by atoms with Gasteiger partial charge in [-0.3, -0.25) is 4.79 Å². The van der Waals surface area contributed by atoms with E-state index in [0.717, 1.165) is 0 Å². The molecule has 2 aromatic carbocycles. The van der Waals surface area contributed by atoms with E-state index in [1.54, 1.807) is 24.3 Å². The lowest BCUT2D eigenvalue weighted by Gasteiger charge is -2.22. The van der Waals surface area contributed by atoms with Gasteiger partial charge in [0, 0.05) is 5.92 Å². The van der Waals surface area contributed by atoms with E-state index in [2.05, 4.69) is 6.07 Å². The molecule has 2 aromatic rings. The number of allylic oxidation sites excluding steroid dienone is 1. The summed E-state index contributed by atoms with van der Waals surface area (Å²) in [4.78, 5) is 12.3. The number of aliphatic carboxylic acids is 1. The molecule has 1 fully saturated rings. The number of hydrogen-bond acceptors (Lipinski definition) is 3. The van der Waals surface area contributed by atoms with Gasteiger partial charge in [-0.05, 0) is 41.3 Å². The maximum absolute atomic E-state index is 12.3. The highest BCUT2D eigenvalue weighted by Crippen LogP contribution is 2.75. The molecule has 0 aliphatic heterocycles. The summed E-state index contributed by atoms with van der Waals surface area (Å²) in [6.45, 7) is 3.63. The van der Waals surface area contributed by atoms with Crippen molar-refractivity contribution in [3.63, 3.8) is 0 Å². The maximum atomic E-state index is 12.3. The quantitative estimate of drug-likeness (QED) is 0.615. The normalized spacial score (nSPS) is 23.2. The van der Waals surface area contributed by atoms with Crippen LogP contribution in [0.25, 0.3) is 0 Å². The lowest BCUT2D eigenvalue weighted by molar-refractivity contribution is -0.145. The Morgan fingerprint density at radius 2 is 1.82 bits per heavy atom. The molecule has 1 saturated carbocycles. The van der Waals surface area contributed by atoms with Crippen LogP contribution in [-0.4, -0.2) is 11.1 Å². The van der Waals surface area contributed by atoms with Crippen LogP contribution in [0.2, 0.25) is 0 Å². The minimum atomic E-state index is -1.33. The molecule has 3 rings (SSSR count). The molecule has 0 aromatic heterocycles. The van der Waals surface area contributed by atoms with E-state index in [0.29, 0.717) is 17.1 Å². The largest absolute Gasteiger partial charge is 0.481 e. The standard InChI is InChI=1S/C22H19Cl2NO3/c1-21(2)18(12-19(23)24)22(21,20(26)27)17(13-25)14-7-6-10-16(11-14)28-15-8-4-3-5-9-15/h3-12,17-18H,1-2H3,(H,26,27). The first kappa shape index (κ1) is 20.3. The Balaban J connectivity index is 2.01. The van der Waals surface area contributed by atoms with E-state index in [1.165, 1.54) is 6.08 Å². The molecule has 1 N–H and O–H groups in total. The van der Waals surface area contributed by atoms with Crippen molar-refractivity contribution in [2.45, 2.75) is 19.8 Å². The zero-order valence-corrected chi connectivity index (χ0v) is 16.9. The second-order valence-electron chi connectivity index (χ2n) is 7.38. The van der Waals surface area contributed by atoms with Crippen LogP contribution in [0.4, 0.5) is 0 Å². The Morgan fingerprint density at radius 3 is 2.39 bits per heavy atom. The van der Waals surface area contributed by atoms with Crippen LogP contribution >= 0.6 is 23.2 Å². The topological polar surface area (TPSA) is 70.3 Å². The predicted octanol–water partition coefficient (Wildman–Crippen LogP) is 6.13. The summed E-state index contributed by atoms with van der Waals surface area (Å²) < 4.78 is 5.84. The van der Waals surface area contributed by atoms with Crippen LogP contribution in [0.5, 0.6) is 11.5 Å². The van der Waals surface area contributed by atoms with Gasteiger partial charge in [0.1, 0.15) is 21.4 Å². The third kappa shape index (κ3) is 3.26. The van der Waals surface area contributed by atoms with Gasteiger partial charge in [0.05, 0.1) is 12.0 Å². The Bertz CT molecular complexity index is 961. The van der Waals surface area contributed by atoms with Gasteiger partial charge in [0.2, 0.25) is 0 Å². The summed E-state index contributed by atoms with van der Waals surface area (Å²) in [6, 6.07) is 18.4. The SMILES string of the molecule is CC1(C)C(C=C(Cl)Cl)C1(C(=O)O)C(C#N)c1cccc(Oc2ccccc2)c1. The average molecular weight is 416 g/mol. The first-order valence-corrected chi connectivity index (χ1v) is 9.49. The van der Waals surface area contributed by atoms with Crippen LogP contribution in [0, 0.1) is 28.1 Å². The van der Waals surface area contributed by atoms with Gasteiger partial charge in [0.15, 0.2) is 0 Å². The number of para-hydroxylation sites is 1. The van der Waals surface area contributed by atoms with Crippen molar-refractivity contribution < 1.29 is 14.6 Å². The van der Waals surface area contributed by atoms with Gasteiger partial charge in [-0.1, -0.05) is 67.4 Å². The Hall–Kier alpha value is -2.48. The minimum absolute atomic E-state index is 0.000878. The lowest BCUT2D eigenvalue weighted by Crippen LogP contribution is -2.28. The molecule has 0 spiro atoms. The number of rotatable bonds is 6. The molecule has 1 aliphatic carbocycles. The van der Waals surface area contributed by atoms with Gasteiger partial charge in [-0.25, -0.2) is 0 Å². The van der Waals surface area contributed by atoms with Gasteiger partial charge < -0.3 is 9.84 Å². The van der Waals surface area contributed by atoms with E-state index in [-0.39, 0.29) is 4.49 Å². The fourth-order valence-electron chi connectivity index (χ4n) is 4.21. The molecule has 4 nitrogen and oxygen atoms in total. The number of carboxylic acids is 1. The van der Waals surface area contributed by atoms with E-state index in [4.69, 9.17) is 27.9 Å².